The molecule has 0 unspecified atom stereocenters. The Morgan fingerprint density at radius 1 is 1.25 bits per heavy atom. The van der Waals surface area contributed by atoms with E-state index in [1.165, 1.54) is 0 Å². The number of carbonyl (C=O) groups excluding carboxylic acids is 1. The molecule has 1 aliphatic heterocycles. The van der Waals surface area contributed by atoms with Gasteiger partial charge in [0.15, 0.2) is 0 Å². The van der Waals surface area contributed by atoms with Gasteiger partial charge in [0.25, 0.3) is 0 Å². The zero-order valence-electron chi connectivity index (χ0n) is 14.8. The lowest BCUT2D eigenvalue weighted by molar-refractivity contribution is -0.140. The number of aromatic nitrogens is 2. The van der Waals surface area contributed by atoms with Gasteiger partial charge in [0.1, 0.15) is 11.0 Å². The van der Waals surface area contributed by atoms with E-state index in [0.717, 1.165) is 22.2 Å². The maximum absolute atomic E-state index is 12.3. The van der Waals surface area contributed by atoms with E-state index in [0.29, 0.717) is 24.2 Å². The third kappa shape index (κ3) is 2.71. The fourth-order valence-corrected chi connectivity index (χ4v) is 3.61. The summed E-state index contributed by atoms with van der Waals surface area (Å²) in [4.78, 5) is 25.0. The number of rotatable bonds is 3. The van der Waals surface area contributed by atoms with Crippen molar-refractivity contribution in [3.8, 4) is 0 Å². The molecule has 128 valence electrons. The molecule has 2 aromatic heterocycles. The van der Waals surface area contributed by atoms with Crippen molar-refractivity contribution in [3.05, 3.63) is 29.2 Å². The minimum absolute atomic E-state index is 0.156. The Hall–Kier alpha value is -1.88. The summed E-state index contributed by atoms with van der Waals surface area (Å²) in [5.74, 6) is 1.38. The van der Waals surface area contributed by atoms with Gasteiger partial charge in [-0.25, -0.2) is 9.97 Å². The van der Waals surface area contributed by atoms with Gasteiger partial charge in [0, 0.05) is 45.0 Å². The number of hydrogen-bond acceptors (Lipinski definition) is 4. The molecule has 1 saturated heterocycles. The van der Waals surface area contributed by atoms with E-state index >= 15 is 0 Å². The van der Waals surface area contributed by atoms with Crippen molar-refractivity contribution in [1.29, 1.82) is 0 Å². The Bertz CT molecular complexity index is 797. The molecule has 5 nitrogen and oxygen atoms in total. The standard InChI is InChI=1S/C18H23ClN4O/c1-11(2)13-7-21-16(14-8-20-15(19)6-12(13)14)23-9-18(3,10-23)17(24)22(4)5/h6-8,11H,9-10H2,1-5H3. The molecule has 24 heavy (non-hydrogen) atoms. The Labute approximate surface area is 147 Å². The van der Waals surface area contributed by atoms with Crippen molar-refractivity contribution in [3.63, 3.8) is 0 Å². The fraction of sp³-hybridized carbons (Fsp3) is 0.500. The number of nitrogens with zero attached hydrogens (tertiary/aromatic N) is 4. The molecule has 3 rings (SSSR count). The monoisotopic (exact) mass is 346 g/mol. The van der Waals surface area contributed by atoms with Crippen LogP contribution in [-0.4, -0.2) is 48.0 Å². The van der Waals surface area contributed by atoms with Crippen LogP contribution in [0.2, 0.25) is 5.15 Å². The van der Waals surface area contributed by atoms with Crippen LogP contribution in [0.1, 0.15) is 32.3 Å². The van der Waals surface area contributed by atoms with E-state index < -0.39 is 0 Å². The highest BCUT2D eigenvalue weighted by Gasteiger charge is 2.46. The summed E-state index contributed by atoms with van der Waals surface area (Å²) < 4.78 is 0. The highest BCUT2D eigenvalue weighted by atomic mass is 35.5. The second kappa shape index (κ2) is 5.88. The smallest absolute Gasteiger partial charge is 0.231 e. The van der Waals surface area contributed by atoms with Gasteiger partial charge in [-0.05, 0) is 29.9 Å². The van der Waals surface area contributed by atoms with Gasteiger partial charge < -0.3 is 9.80 Å². The maximum Gasteiger partial charge on any atom is 0.231 e. The predicted molar refractivity (Wildman–Crippen MR) is 97.7 cm³/mol. The minimum atomic E-state index is -0.353. The van der Waals surface area contributed by atoms with E-state index in [1.54, 1.807) is 25.2 Å². The Morgan fingerprint density at radius 2 is 1.92 bits per heavy atom. The molecule has 0 bridgehead atoms. The first-order chi connectivity index (χ1) is 11.2. The molecule has 0 atom stereocenters. The summed E-state index contributed by atoms with van der Waals surface area (Å²) in [5.41, 5.74) is 0.805. The van der Waals surface area contributed by atoms with Crippen LogP contribution in [0.5, 0.6) is 0 Å². The number of amides is 1. The zero-order valence-corrected chi connectivity index (χ0v) is 15.6. The SMILES string of the molecule is CC(C)c1cnc(N2CC(C)(C(=O)N(C)C)C2)c2cnc(Cl)cc12. The molecule has 0 N–H and O–H groups in total. The first-order valence-corrected chi connectivity index (χ1v) is 8.51. The van der Waals surface area contributed by atoms with Crippen molar-refractivity contribution in [2.75, 3.05) is 32.1 Å². The fourth-order valence-electron chi connectivity index (χ4n) is 3.45. The second-order valence-corrected chi connectivity index (χ2v) is 7.75. The van der Waals surface area contributed by atoms with Crippen LogP contribution in [-0.2, 0) is 4.79 Å². The molecule has 0 aromatic carbocycles. The van der Waals surface area contributed by atoms with Crippen molar-refractivity contribution in [2.45, 2.75) is 26.7 Å². The van der Waals surface area contributed by atoms with Crippen LogP contribution in [0, 0.1) is 5.41 Å². The van der Waals surface area contributed by atoms with Gasteiger partial charge in [-0.1, -0.05) is 25.4 Å². The molecular formula is C18H23ClN4O. The van der Waals surface area contributed by atoms with Gasteiger partial charge in [-0.2, -0.15) is 0 Å². The molecule has 0 saturated carbocycles. The maximum atomic E-state index is 12.3. The van der Waals surface area contributed by atoms with E-state index in [9.17, 15) is 4.79 Å². The Kier molecular flexibility index (Phi) is 4.16. The van der Waals surface area contributed by atoms with Crippen LogP contribution >= 0.6 is 11.6 Å². The van der Waals surface area contributed by atoms with Crippen LogP contribution in [0.15, 0.2) is 18.5 Å². The largest absolute Gasteiger partial charge is 0.354 e. The van der Waals surface area contributed by atoms with Gasteiger partial charge >= 0.3 is 0 Å². The molecule has 0 spiro atoms. The zero-order chi connectivity index (χ0) is 17.6. The normalized spacial score (nSPS) is 16.4. The third-order valence-corrected chi connectivity index (χ3v) is 4.88. The van der Waals surface area contributed by atoms with Crippen LogP contribution < -0.4 is 4.90 Å². The lowest BCUT2D eigenvalue weighted by Crippen LogP contribution is -2.61. The molecule has 1 amide bonds. The van der Waals surface area contributed by atoms with Crippen molar-refractivity contribution in [2.24, 2.45) is 5.41 Å². The van der Waals surface area contributed by atoms with Crippen molar-refractivity contribution >= 4 is 34.1 Å². The highest BCUT2D eigenvalue weighted by Crippen LogP contribution is 2.39. The first kappa shape index (κ1) is 17.0. The van der Waals surface area contributed by atoms with Gasteiger partial charge in [-0.3, -0.25) is 4.79 Å². The highest BCUT2D eigenvalue weighted by molar-refractivity contribution is 6.30. The third-order valence-electron chi connectivity index (χ3n) is 4.67. The van der Waals surface area contributed by atoms with Crippen molar-refractivity contribution < 1.29 is 4.79 Å². The van der Waals surface area contributed by atoms with Crippen LogP contribution in [0.4, 0.5) is 5.82 Å². The van der Waals surface area contributed by atoms with Gasteiger partial charge in [0.2, 0.25) is 5.91 Å². The lowest BCUT2D eigenvalue weighted by Gasteiger charge is -2.48. The summed E-state index contributed by atoms with van der Waals surface area (Å²) in [6.45, 7) is 7.61. The Balaban J connectivity index is 1.98. The number of fused-ring (bicyclic) bond motifs is 1. The summed E-state index contributed by atoms with van der Waals surface area (Å²) in [6, 6.07) is 1.90. The van der Waals surface area contributed by atoms with Gasteiger partial charge in [-0.15, -0.1) is 0 Å². The molecule has 0 radical (unpaired) electrons. The average molecular weight is 347 g/mol. The topological polar surface area (TPSA) is 49.3 Å². The van der Waals surface area contributed by atoms with E-state index in [4.69, 9.17) is 11.6 Å². The van der Waals surface area contributed by atoms with E-state index in [1.807, 2.05) is 19.2 Å². The molecule has 6 heteroatoms. The average Bonchev–Trinajstić information content (AvgIpc) is 2.49. The van der Waals surface area contributed by atoms with Crippen LogP contribution in [0.25, 0.3) is 10.8 Å². The molecular weight excluding hydrogens is 324 g/mol. The minimum Gasteiger partial charge on any atom is -0.354 e. The number of halogens is 1. The molecule has 1 aliphatic rings. The summed E-state index contributed by atoms with van der Waals surface area (Å²) in [6.07, 6.45) is 3.71. The Morgan fingerprint density at radius 3 is 2.50 bits per heavy atom. The number of anilines is 1. The quantitative estimate of drug-likeness (QED) is 0.800. The number of pyridine rings is 2. The van der Waals surface area contributed by atoms with Crippen molar-refractivity contribution in [1.82, 2.24) is 14.9 Å². The number of carbonyl (C=O) groups is 1. The molecule has 1 fully saturated rings. The van der Waals surface area contributed by atoms with E-state index in [-0.39, 0.29) is 11.3 Å². The van der Waals surface area contributed by atoms with E-state index in [2.05, 4.69) is 28.7 Å². The summed E-state index contributed by atoms with van der Waals surface area (Å²) >= 11 is 6.10. The summed E-state index contributed by atoms with van der Waals surface area (Å²) in [5, 5.41) is 2.56. The molecule has 3 heterocycles. The number of hydrogen-bond donors (Lipinski definition) is 0. The summed E-state index contributed by atoms with van der Waals surface area (Å²) in [7, 11) is 3.60. The molecule has 0 aliphatic carbocycles. The first-order valence-electron chi connectivity index (χ1n) is 8.14. The lowest BCUT2D eigenvalue weighted by atomic mass is 9.80. The van der Waals surface area contributed by atoms with Crippen LogP contribution in [0.3, 0.4) is 0 Å². The molecule has 2 aromatic rings. The van der Waals surface area contributed by atoms with Gasteiger partial charge in [0.05, 0.1) is 5.41 Å². The second-order valence-electron chi connectivity index (χ2n) is 7.36. The predicted octanol–water partition coefficient (Wildman–Crippen LogP) is 3.32.